The number of fused-ring (bicyclic) bond motifs is 1. The molecule has 4 rings (SSSR count). The molecule has 0 unspecified atom stereocenters. The Morgan fingerprint density at radius 1 is 1.48 bits per heavy atom. The number of benzene rings is 1. The van der Waals surface area contributed by atoms with E-state index in [1.54, 1.807) is 30.1 Å². The Kier molecular flexibility index (Phi) is 4.12. The predicted molar refractivity (Wildman–Crippen MR) is 96.2 cm³/mol. The maximum atomic E-state index is 12.8. The van der Waals surface area contributed by atoms with Gasteiger partial charge in [-0.05, 0) is 37.1 Å². The number of aromatic nitrogens is 2. The van der Waals surface area contributed by atoms with Gasteiger partial charge in [-0.25, -0.2) is 0 Å². The highest BCUT2D eigenvalue weighted by Gasteiger charge is 2.32. The van der Waals surface area contributed by atoms with E-state index in [1.807, 2.05) is 18.2 Å². The Labute approximate surface area is 155 Å². The quantitative estimate of drug-likeness (QED) is 0.841. The molecule has 2 N–H and O–H groups in total. The van der Waals surface area contributed by atoms with Gasteiger partial charge in [0.25, 0.3) is 11.8 Å². The van der Waals surface area contributed by atoms with Crippen molar-refractivity contribution in [1.29, 1.82) is 5.26 Å². The lowest BCUT2D eigenvalue weighted by molar-refractivity contribution is -0.130. The Bertz CT molecular complexity index is 1040. The zero-order valence-corrected chi connectivity index (χ0v) is 14.7. The van der Waals surface area contributed by atoms with E-state index in [1.165, 1.54) is 0 Å². The van der Waals surface area contributed by atoms with Crippen LogP contribution in [-0.4, -0.2) is 46.6 Å². The van der Waals surface area contributed by atoms with Crippen molar-refractivity contribution in [3.63, 3.8) is 0 Å². The second-order valence-electron chi connectivity index (χ2n) is 6.43. The molecule has 2 aromatic rings. The normalized spacial score (nSPS) is 19.3. The molecular weight excluding hydrogens is 346 g/mol. The number of nitriles is 1. The number of H-pyrrole nitrogens is 1. The van der Waals surface area contributed by atoms with Gasteiger partial charge in [-0.1, -0.05) is 6.08 Å². The fourth-order valence-corrected chi connectivity index (χ4v) is 3.29. The van der Waals surface area contributed by atoms with E-state index in [4.69, 9.17) is 10.00 Å². The number of carbonyl (C=O) groups excluding carboxylic acids is 2. The van der Waals surface area contributed by atoms with Crippen molar-refractivity contribution < 1.29 is 14.3 Å². The Morgan fingerprint density at radius 2 is 2.33 bits per heavy atom. The number of carbonyl (C=O) groups is 2. The molecule has 1 aliphatic heterocycles. The van der Waals surface area contributed by atoms with Gasteiger partial charge >= 0.3 is 0 Å². The molecule has 1 aromatic heterocycles. The maximum absolute atomic E-state index is 12.8. The zero-order chi connectivity index (χ0) is 19.0. The molecule has 0 radical (unpaired) electrons. The van der Waals surface area contributed by atoms with Crippen molar-refractivity contribution in [1.82, 2.24) is 20.4 Å². The highest BCUT2D eigenvalue weighted by molar-refractivity contribution is 6.06. The summed E-state index contributed by atoms with van der Waals surface area (Å²) in [5.41, 5.74) is 2.03. The first-order valence-corrected chi connectivity index (χ1v) is 8.57. The average molecular weight is 363 g/mol. The third-order valence-corrected chi connectivity index (χ3v) is 4.75. The molecule has 2 aliphatic rings. The van der Waals surface area contributed by atoms with E-state index >= 15 is 0 Å². The maximum Gasteiger partial charge on any atom is 0.273 e. The fourth-order valence-electron chi connectivity index (χ4n) is 3.29. The topological polar surface area (TPSA) is 111 Å². The molecular formula is C19H17N5O3. The van der Waals surface area contributed by atoms with Gasteiger partial charge in [-0.3, -0.25) is 14.7 Å². The van der Waals surface area contributed by atoms with E-state index < -0.39 is 11.9 Å². The van der Waals surface area contributed by atoms with Crippen LogP contribution in [0.2, 0.25) is 0 Å². The van der Waals surface area contributed by atoms with Crippen molar-refractivity contribution in [2.24, 2.45) is 0 Å². The van der Waals surface area contributed by atoms with Crippen molar-refractivity contribution in [2.45, 2.75) is 18.9 Å². The number of rotatable bonds is 2. The molecule has 8 nitrogen and oxygen atoms in total. The first-order valence-electron chi connectivity index (χ1n) is 8.57. The highest BCUT2D eigenvalue weighted by Crippen LogP contribution is 2.26. The molecule has 1 atom stereocenters. The largest absolute Gasteiger partial charge is 0.489 e. The second-order valence-corrected chi connectivity index (χ2v) is 6.43. The predicted octanol–water partition coefficient (Wildman–Crippen LogP) is 1.58. The van der Waals surface area contributed by atoms with Crippen LogP contribution in [0.25, 0.3) is 10.9 Å². The zero-order valence-electron chi connectivity index (χ0n) is 14.7. The number of hydrogen-bond acceptors (Lipinski definition) is 5. The number of allylic oxidation sites excluding steroid dienone is 3. The molecule has 0 saturated heterocycles. The van der Waals surface area contributed by atoms with Gasteiger partial charge in [0, 0.05) is 12.4 Å². The van der Waals surface area contributed by atoms with E-state index in [0.29, 0.717) is 22.2 Å². The minimum atomic E-state index is -0.826. The molecule has 0 bridgehead atoms. The summed E-state index contributed by atoms with van der Waals surface area (Å²) in [4.78, 5) is 27.1. The monoisotopic (exact) mass is 363 g/mol. The van der Waals surface area contributed by atoms with Gasteiger partial charge in [-0.15, -0.1) is 0 Å². The molecule has 0 fully saturated rings. The number of nitrogens with zero attached hydrogens (tertiary/aromatic N) is 3. The van der Waals surface area contributed by atoms with E-state index in [-0.39, 0.29) is 18.2 Å². The molecule has 0 spiro atoms. The van der Waals surface area contributed by atoms with Crippen LogP contribution in [-0.2, 0) is 9.53 Å². The number of ether oxygens (including phenoxy) is 1. The summed E-state index contributed by atoms with van der Waals surface area (Å²) in [6.07, 6.45) is 5.42. The third kappa shape index (κ3) is 2.93. The Morgan fingerprint density at radius 3 is 3.15 bits per heavy atom. The number of likely N-dealkylation sites (N-methyl/N-ethyl adjacent to an activating group) is 1. The molecule has 27 heavy (non-hydrogen) atoms. The number of amides is 2. The van der Waals surface area contributed by atoms with Crippen LogP contribution in [0.15, 0.2) is 41.8 Å². The second kappa shape index (κ2) is 6.61. The van der Waals surface area contributed by atoms with E-state index in [9.17, 15) is 9.59 Å². The molecule has 2 heterocycles. The molecule has 2 amide bonds. The van der Waals surface area contributed by atoms with Crippen LogP contribution in [0.3, 0.4) is 0 Å². The smallest absolute Gasteiger partial charge is 0.273 e. The summed E-state index contributed by atoms with van der Waals surface area (Å²) in [6.45, 7) is 0.0455. The standard InChI is InChI=1S/C19H17N5O3/c1-24-15-4-2-3-5-16(15)27-10-14(19(24)26)21-18(25)17-12-8-11(9-20)6-7-13(12)22-23-17/h3,5-8,14H,2,4,10H2,1H3,(H,21,25)(H,22,23)/t14-/m0/s1. The van der Waals surface area contributed by atoms with Gasteiger partial charge < -0.3 is 15.0 Å². The lowest BCUT2D eigenvalue weighted by Crippen LogP contribution is -2.48. The SMILES string of the molecule is CN1C(=O)[C@@H](NC(=O)c2n[nH]c3ccc(C#N)cc23)COC2=C1CCC=C2. The Hall–Kier alpha value is -3.60. The van der Waals surface area contributed by atoms with Gasteiger partial charge in [-0.2, -0.15) is 10.4 Å². The number of hydrogen-bond donors (Lipinski definition) is 2. The molecule has 8 heteroatoms. The molecule has 1 aromatic carbocycles. The van der Waals surface area contributed by atoms with Crippen LogP contribution >= 0.6 is 0 Å². The Balaban J connectivity index is 1.58. The van der Waals surface area contributed by atoms with Gasteiger partial charge in [0.2, 0.25) is 0 Å². The van der Waals surface area contributed by atoms with Crippen LogP contribution in [0, 0.1) is 11.3 Å². The average Bonchev–Trinajstić information content (AvgIpc) is 3.08. The van der Waals surface area contributed by atoms with Crippen LogP contribution < -0.4 is 5.32 Å². The summed E-state index contributed by atoms with van der Waals surface area (Å²) >= 11 is 0. The first-order chi connectivity index (χ1) is 13.1. The summed E-state index contributed by atoms with van der Waals surface area (Å²) in [5, 5.41) is 19.1. The van der Waals surface area contributed by atoms with Crippen molar-refractivity contribution >= 4 is 22.7 Å². The van der Waals surface area contributed by atoms with Crippen LogP contribution in [0.5, 0.6) is 0 Å². The number of aromatic amines is 1. The highest BCUT2D eigenvalue weighted by atomic mass is 16.5. The van der Waals surface area contributed by atoms with Gasteiger partial charge in [0.1, 0.15) is 18.4 Å². The lowest BCUT2D eigenvalue weighted by atomic mass is 10.1. The molecule has 0 saturated carbocycles. The molecule has 136 valence electrons. The number of nitrogens with one attached hydrogen (secondary N) is 2. The van der Waals surface area contributed by atoms with Gasteiger partial charge in [0.05, 0.1) is 22.8 Å². The third-order valence-electron chi connectivity index (χ3n) is 4.75. The van der Waals surface area contributed by atoms with Gasteiger partial charge in [0.15, 0.2) is 5.69 Å². The first kappa shape index (κ1) is 16.8. The summed E-state index contributed by atoms with van der Waals surface area (Å²) in [6, 6.07) is 6.14. The summed E-state index contributed by atoms with van der Waals surface area (Å²) < 4.78 is 5.75. The van der Waals surface area contributed by atoms with Crippen LogP contribution in [0.1, 0.15) is 28.9 Å². The van der Waals surface area contributed by atoms with Crippen LogP contribution in [0.4, 0.5) is 0 Å². The van der Waals surface area contributed by atoms with E-state index in [0.717, 1.165) is 18.5 Å². The summed E-state index contributed by atoms with van der Waals surface area (Å²) in [7, 11) is 1.69. The minimum Gasteiger partial charge on any atom is -0.489 e. The van der Waals surface area contributed by atoms with Crippen molar-refractivity contribution in [3.8, 4) is 6.07 Å². The van der Waals surface area contributed by atoms with E-state index in [2.05, 4.69) is 15.5 Å². The molecule has 1 aliphatic carbocycles. The van der Waals surface area contributed by atoms with Crippen molar-refractivity contribution in [2.75, 3.05) is 13.7 Å². The minimum absolute atomic E-state index is 0.0455. The summed E-state index contributed by atoms with van der Waals surface area (Å²) in [5.74, 6) is -0.0685. The lowest BCUT2D eigenvalue weighted by Gasteiger charge is -2.23. The fraction of sp³-hybridized carbons (Fsp3) is 0.263. The van der Waals surface area contributed by atoms with Crippen molar-refractivity contribution in [3.05, 3.63) is 53.1 Å².